The number of aromatic nitrogens is 2. The molecule has 1 saturated heterocycles. The van der Waals surface area contributed by atoms with Crippen molar-refractivity contribution in [2.75, 3.05) is 11.2 Å². The van der Waals surface area contributed by atoms with Crippen LogP contribution in [0.5, 0.6) is 0 Å². The third kappa shape index (κ3) is 3.50. The van der Waals surface area contributed by atoms with E-state index in [1.165, 1.54) is 40.9 Å². The van der Waals surface area contributed by atoms with E-state index in [0.29, 0.717) is 15.5 Å². The molecule has 1 unspecified atom stereocenters. The van der Waals surface area contributed by atoms with Crippen LogP contribution < -0.4 is 4.90 Å². The first-order valence-corrected chi connectivity index (χ1v) is 11.0. The maximum absolute atomic E-state index is 13.5. The molecule has 1 aromatic heterocycles. The molecule has 1 N–H and O–H groups in total. The van der Waals surface area contributed by atoms with Crippen LogP contribution in [0.1, 0.15) is 22.7 Å². The molecule has 0 saturated carbocycles. The normalized spacial score (nSPS) is 18.2. The lowest BCUT2D eigenvalue weighted by Gasteiger charge is -2.22. The Bertz CT molecular complexity index is 1160. The Labute approximate surface area is 180 Å². The van der Waals surface area contributed by atoms with Crippen LogP contribution in [0.15, 0.2) is 58.4 Å². The molecule has 6 nitrogen and oxygen atoms in total. The lowest BCUT2D eigenvalue weighted by atomic mass is 9.95. The lowest BCUT2D eigenvalue weighted by molar-refractivity contribution is -0.132. The second kappa shape index (κ2) is 8.00. The number of amides is 1. The zero-order valence-electron chi connectivity index (χ0n) is 16.0. The highest BCUT2D eigenvalue weighted by molar-refractivity contribution is 8.00. The van der Waals surface area contributed by atoms with Gasteiger partial charge in [-0.3, -0.25) is 14.5 Å². The fourth-order valence-corrected chi connectivity index (χ4v) is 4.53. The summed E-state index contributed by atoms with van der Waals surface area (Å²) in [6, 6.07) is 11.5. The number of nitrogens with zero attached hydrogens (tertiary/aromatic N) is 3. The average Bonchev–Trinajstić information content (AvgIpc) is 3.31. The number of hydrogen-bond donors (Lipinski definition) is 1. The molecule has 1 amide bonds. The maximum Gasteiger partial charge on any atom is 0.301 e. The first-order valence-electron chi connectivity index (χ1n) is 8.91. The number of carbonyl (C=O) groups is 2. The molecule has 0 radical (unpaired) electrons. The molecule has 0 aliphatic carbocycles. The largest absolute Gasteiger partial charge is 0.507 e. The van der Waals surface area contributed by atoms with Gasteiger partial charge in [-0.05, 0) is 30.9 Å². The van der Waals surface area contributed by atoms with E-state index in [-0.39, 0.29) is 16.5 Å². The quantitative estimate of drug-likeness (QED) is 0.213. The zero-order chi connectivity index (χ0) is 21.4. The summed E-state index contributed by atoms with van der Waals surface area (Å²) in [6.45, 7) is 1.90. The SMILES string of the molecule is CSc1nnc(N2C(=O)C(=O)/C(=C(/O)c3ccc(C)cc3)C2c2ccc(F)cc2)s1. The Hall–Kier alpha value is -3.04. The number of thioether (sulfide) groups is 1. The van der Waals surface area contributed by atoms with E-state index in [1.807, 2.05) is 13.2 Å². The van der Waals surface area contributed by atoms with E-state index in [0.717, 1.165) is 16.9 Å². The van der Waals surface area contributed by atoms with Crippen molar-refractivity contribution in [1.82, 2.24) is 10.2 Å². The lowest BCUT2D eigenvalue weighted by Crippen LogP contribution is -2.29. The number of carbonyl (C=O) groups excluding carboxylic acids is 2. The molecule has 0 bridgehead atoms. The molecule has 9 heteroatoms. The van der Waals surface area contributed by atoms with E-state index < -0.39 is 23.5 Å². The minimum Gasteiger partial charge on any atom is -0.507 e. The summed E-state index contributed by atoms with van der Waals surface area (Å²) in [7, 11) is 0. The Kier molecular flexibility index (Phi) is 5.40. The van der Waals surface area contributed by atoms with Gasteiger partial charge in [-0.2, -0.15) is 0 Å². The molecular weight excluding hydrogens is 425 g/mol. The molecule has 2 heterocycles. The van der Waals surface area contributed by atoms with Gasteiger partial charge in [-0.15, -0.1) is 10.2 Å². The van der Waals surface area contributed by atoms with Crippen LogP contribution in [-0.4, -0.2) is 33.3 Å². The van der Waals surface area contributed by atoms with Crippen molar-refractivity contribution < 1.29 is 19.1 Å². The van der Waals surface area contributed by atoms with Crippen molar-refractivity contribution in [3.05, 3.63) is 76.6 Å². The van der Waals surface area contributed by atoms with Gasteiger partial charge >= 0.3 is 5.91 Å². The number of anilines is 1. The van der Waals surface area contributed by atoms with Crippen LogP contribution in [0, 0.1) is 12.7 Å². The fraction of sp³-hybridized carbons (Fsp3) is 0.143. The summed E-state index contributed by atoms with van der Waals surface area (Å²) in [5, 5.41) is 19.3. The number of hydrogen-bond acceptors (Lipinski definition) is 7. The first-order chi connectivity index (χ1) is 14.4. The van der Waals surface area contributed by atoms with E-state index in [9.17, 15) is 19.1 Å². The van der Waals surface area contributed by atoms with Crippen molar-refractivity contribution in [3.63, 3.8) is 0 Å². The monoisotopic (exact) mass is 441 g/mol. The Morgan fingerprint density at radius 3 is 2.37 bits per heavy atom. The van der Waals surface area contributed by atoms with Crippen LogP contribution in [0.25, 0.3) is 5.76 Å². The summed E-state index contributed by atoms with van der Waals surface area (Å²) in [5.41, 5.74) is 1.80. The standard InChI is InChI=1S/C21H16FN3O3S2/c1-11-3-5-13(6-4-11)17(26)15-16(12-7-9-14(22)10-8-12)25(19(28)18(15)27)20-23-24-21(29-2)30-20/h3-10,16,26H,1-2H3/b17-15+. The molecule has 3 aromatic rings. The maximum atomic E-state index is 13.5. The van der Waals surface area contributed by atoms with Crippen molar-refractivity contribution in [2.45, 2.75) is 17.3 Å². The number of halogens is 1. The van der Waals surface area contributed by atoms with Gasteiger partial charge in [0, 0.05) is 5.56 Å². The number of aliphatic hydroxyl groups is 1. The number of aliphatic hydroxyl groups excluding tert-OH is 1. The molecule has 1 atom stereocenters. The topological polar surface area (TPSA) is 83.4 Å². The van der Waals surface area contributed by atoms with Crippen LogP contribution in [0.4, 0.5) is 9.52 Å². The van der Waals surface area contributed by atoms with Crippen LogP contribution in [-0.2, 0) is 9.59 Å². The summed E-state index contributed by atoms with van der Waals surface area (Å²) < 4.78 is 14.2. The van der Waals surface area contributed by atoms with E-state index >= 15 is 0 Å². The summed E-state index contributed by atoms with van der Waals surface area (Å²) in [6.07, 6.45) is 1.83. The second-order valence-electron chi connectivity index (χ2n) is 6.64. The molecule has 0 spiro atoms. The highest BCUT2D eigenvalue weighted by atomic mass is 32.2. The minimum absolute atomic E-state index is 0.0728. The fourth-order valence-electron chi connectivity index (χ4n) is 3.24. The van der Waals surface area contributed by atoms with Gasteiger partial charge in [0.1, 0.15) is 11.6 Å². The molecule has 1 fully saturated rings. The molecule has 30 heavy (non-hydrogen) atoms. The van der Waals surface area contributed by atoms with Crippen LogP contribution in [0.2, 0.25) is 0 Å². The summed E-state index contributed by atoms with van der Waals surface area (Å²) in [4.78, 5) is 27.1. The second-order valence-corrected chi connectivity index (χ2v) is 8.65. The Morgan fingerprint density at radius 1 is 1.10 bits per heavy atom. The highest BCUT2D eigenvalue weighted by Gasteiger charge is 2.48. The third-order valence-corrected chi connectivity index (χ3v) is 6.63. The molecule has 2 aromatic carbocycles. The van der Waals surface area contributed by atoms with Crippen LogP contribution >= 0.6 is 23.1 Å². The van der Waals surface area contributed by atoms with Crippen molar-refractivity contribution >= 4 is 45.7 Å². The summed E-state index contributed by atoms with van der Waals surface area (Å²) >= 11 is 2.53. The molecule has 152 valence electrons. The van der Waals surface area contributed by atoms with Gasteiger partial charge in [0.2, 0.25) is 5.13 Å². The number of rotatable bonds is 4. The molecule has 1 aliphatic heterocycles. The van der Waals surface area contributed by atoms with Crippen molar-refractivity contribution in [3.8, 4) is 0 Å². The first kappa shape index (κ1) is 20.2. The van der Waals surface area contributed by atoms with Crippen molar-refractivity contribution in [1.29, 1.82) is 0 Å². The Balaban J connectivity index is 1.92. The predicted molar refractivity (Wildman–Crippen MR) is 114 cm³/mol. The van der Waals surface area contributed by atoms with Gasteiger partial charge in [-0.1, -0.05) is 65.1 Å². The van der Waals surface area contributed by atoms with Gasteiger partial charge in [0.05, 0.1) is 11.6 Å². The van der Waals surface area contributed by atoms with Gasteiger partial charge in [-0.25, -0.2) is 4.39 Å². The van der Waals surface area contributed by atoms with E-state index in [1.54, 1.807) is 24.3 Å². The number of benzene rings is 2. The third-order valence-electron chi connectivity index (χ3n) is 4.73. The Morgan fingerprint density at radius 2 is 1.77 bits per heavy atom. The van der Waals surface area contributed by atoms with E-state index in [4.69, 9.17) is 0 Å². The van der Waals surface area contributed by atoms with Gasteiger partial charge < -0.3 is 5.11 Å². The van der Waals surface area contributed by atoms with E-state index in [2.05, 4.69) is 10.2 Å². The average molecular weight is 442 g/mol. The minimum atomic E-state index is -0.949. The molecule has 4 rings (SSSR count). The summed E-state index contributed by atoms with van der Waals surface area (Å²) in [5.74, 6) is -2.39. The number of Topliss-reactive ketones (excluding diaryl/α,β-unsaturated/α-hetero) is 1. The highest BCUT2D eigenvalue weighted by Crippen LogP contribution is 2.43. The number of aryl methyl sites for hydroxylation is 1. The smallest absolute Gasteiger partial charge is 0.301 e. The van der Waals surface area contributed by atoms with Gasteiger partial charge in [0.25, 0.3) is 5.78 Å². The molecule has 1 aliphatic rings. The number of ketones is 1. The predicted octanol–water partition coefficient (Wildman–Crippen LogP) is 4.33. The molecular formula is C21H16FN3O3S2. The van der Waals surface area contributed by atoms with Crippen molar-refractivity contribution in [2.24, 2.45) is 0 Å². The van der Waals surface area contributed by atoms with Gasteiger partial charge in [0.15, 0.2) is 4.34 Å². The van der Waals surface area contributed by atoms with Crippen LogP contribution in [0.3, 0.4) is 0 Å². The zero-order valence-corrected chi connectivity index (χ0v) is 17.6.